The highest BCUT2D eigenvalue weighted by atomic mass is 16.5. The van der Waals surface area contributed by atoms with E-state index in [4.69, 9.17) is 21.5 Å². The summed E-state index contributed by atoms with van der Waals surface area (Å²) < 4.78 is 7.06. The third-order valence-electron chi connectivity index (χ3n) is 3.85. The lowest BCUT2D eigenvalue weighted by Crippen LogP contribution is -2.36. The third kappa shape index (κ3) is 2.61. The van der Waals surface area contributed by atoms with E-state index in [9.17, 15) is 4.79 Å². The number of imidazole rings is 1. The minimum absolute atomic E-state index is 0.247. The van der Waals surface area contributed by atoms with Gasteiger partial charge in [-0.15, -0.1) is 0 Å². The molecule has 8 heteroatoms. The van der Waals surface area contributed by atoms with Gasteiger partial charge in [0.2, 0.25) is 0 Å². The molecule has 124 valence electrons. The van der Waals surface area contributed by atoms with Gasteiger partial charge < -0.3 is 21.5 Å². The maximum atomic E-state index is 12.5. The zero-order chi connectivity index (χ0) is 17.3. The Morgan fingerprint density at radius 2 is 2.17 bits per heavy atom. The van der Waals surface area contributed by atoms with Crippen LogP contribution in [0.1, 0.15) is 18.5 Å². The molecule has 0 aliphatic carbocycles. The van der Waals surface area contributed by atoms with Crippen molar-refractivity contribution < 1.29 is 4.74 Å². The highest BCUT2D eigenvalue weighted by Crippen LogP contribution is 2.31. The van der Waals surface area contributed by atoms with Crippen molar-refractivity contribution in [3.63, 3.8) is 0 Å². The van der Waals surface area contributed by atoms with Crippen LogP contribution in [0, 0.1) is 11.3 Å². The van der Waals surface area contributed by atoms with Crippen molar-refractivity contribution >= 4 is 5.82 Å². The Labute approximate surface area is 138 Å². The van der Waals surface area contributed by atoms with Gasteiger partial charge in [0.1, 0.15) is 17.6 Å². The van der Waals surface area contributed by atoms with E-state index in [0.29, 0.717) is 17.1 Å². The van der Waals surface area contributed by atoms with Crippen LogP contribution in [0.4, 0.5) is 5.82 Å². The highest BCUT2D eigenvalue weighted by Gasteiger charge is 2.29. The second-order valence-electron chi connectivity index (χ2n) is 5.50. The Morgan fingerprint density at radius 3 is 2.83 bits per heavy atom. The number of nitrogens with two attached hydrogens (primary N) is 2. The zero-order valence-electron chi connectivity index (χ0n) is 13.1. The van der Waals surface area contributed by atoms with Crippen molar-refractivity contribution in [3.8, 4) is 17.5 Å². The summed E-state index contributed by atoms with van der Waals surface area (Å²) in [6, 6.07) is 8.99. The molecule has 24 heavy (non-hydrogen) atoms. The number of aromatic amines is 1. The van der Waals surface area contributed by atoms with E-state index in [1.807, 2.05) is 12.1 Å². The number of rotatable bonds is 4. The van der Waals surface area contributed by atoms with Crippen molar-refractivity contribution in [2.75, 3.05) is 5.73 Å². The number of ether oxygens (including phenoxy) is 1. The lowest BCUT2D eigenvalue weighted by molar-refractivity contribution is 0.275. The maximum Gasteiger partial charge on any atom is 0.332 e. The van der Waals surface area contributed by atoms with E-state index in [1.54, 1.807) is 37.4 Å². The third-order valence-corrected chi connectivity index (χ3v) is 3.85. The molecule has 1 aromatic heterocycles. The van der Waals surface area contributed by atoms with Crippen LogP contribution in [0.15, 0.2) is 41.3 Å². The average molecular weight is 326 g/mol. The van der Waals surface area contributed by atoms with Gasteiger partial charge in [0.15, 0.2) is 6.10 Å². The predicted octanol–water partition coefficient (Wildman–Crippen LogP) is 0.524. The fraction of sp³-hybridized carbons (Fsp3) is 0.250. The minimum Gasteiger partial charge on any atom is -0.474 e. The van der Waals surface area contributed by atoms with Crippen LogP contribution in [0.2, 0.25) is 0 Å². The Bertz CT molecular complexity index is 875. The van der Waals surface area contributed by atoms with Crippen LogP contribution >= 0.6 is 0 Å². The number of H-pyrrole nitrogens is 1. The topological polar surface area (TPSA) is 135 Å². The van der Waals surface area contributed by atoms with Gasteiger partial charge in [0.05, 0.1) is 23.5 Å². The van der Waals surface area contributed by atoms with Gasteiger partial charge in [-0.25, -0.2) is 4.79 Å². The van der Waals surface area contributed by atoms with Gasteiger partial charge in [-0.2, -0.15) is 5.26 Å². The SMILES string of the molecule is CC(C#N)Oc1ccccc1-n1c(C2C=CNC2N)c(N)[nH]c1=O. The van der Waals surface area contributed by atoms with Crippen LogP contribution < -0.4 is 27.2 Å². The van der Waals surface area contributed by atoms with E-state index in [0.717, 1.165) is 0 Å². The molecule has 0 bridgehead atoms. The molecule has 3 rings (SSSR count). The summed E-state index contributed by atoms with van der Waals surface area (Å²) in [5.74, 6) is 0.389. The second-order valence-corrected chi connectivity index (χ2v) is 5.50. The number of hydrogen-bond donors (Lipinski definition) is 4. The van der Waals surface area contributed by atoms with E-state index in [-0.39, 0.29) is 17.9 Å². The maximum absolute atomic E-state index is 12.5. The van der Waals surface area contributed by atoms with E-state index >= 15 is 0 Å². The Hall–Kier alpha value is -3.18. The zero-order valence-corrected chi connectivity index (χ0v) is 13.1. The number of nitrogens with zero attached hydrogens (tertiary/aromatic N) is 2. The number of para-hydroxylation sites is 2. The van der Waals surface area contributed by atoms with Gasteiger partial charge in [0, 0.05) is 0 Å². The summed E-state index contributed by atoms with van der Waals surface area (Å²) in [6.07, 6.45) is 2.54. The number of aromatic nitrogens is 2. The molecule has 1 aliphatic rings. The molecule has 0 fully saturated rings. The predicted molar refractivity (Wildman–Crippen MR) is 89.5 cm³/mol. The Kier molecular flexibility index (Phi) is 4.02. The molecule has 2 aromatic rings. The molecule has 0 saturated heterocycles. The lowest BCUT2D eigenvalue weighted by Gasteiger charge is -2.19. The molecule has 6 N–H and O–H groups in total. The summed E-state index contributed by atoms with van der Waals surface area (Å²) in [5.41, 5.74) is 12.7. The van der Waals surface area contributed by atoms with E-state index < -0.39 is 11.8 Å². The minimum atomic E-state index is -0.656. The van der Waals surface area contributed by atoms with Crippen molar-refractivity contribution in [3.05, 3.63) is 52.7 Å². The molecule has 0 amide bonds. The number of hydrogen-bond acceptors (Lipinski definition) is 6. The van der Waals surface area contributed by atoms with Crippen LogP contribution in [0.5, 0.6) is 5.75 Å². The van der Waals surface area contributed by atoms with Crippen LogP contribution in [0.25, 0.3) is 5.69 Å². The first-order valence-electron chi connectivity index (χ1n) is 7.47. The quantitative estimate of drug-likeness (QED) is 0.647. The van der Waals surface area contributed by atoms with Crippen LogP contribution in [-0.2, 0) is 0 Å². The number of benzene rings is 1. The number of nitriles is 1. The standard InChI is InChI=1S/C16H18N6O2/c1-9(8-17)24-12-5-3-2-4-11(12)22-13(15(19)21-16(22)23)10-6-7-20-14(10)18/h2-7,9-10,14,20H,18-19H2,1H3,(H,21,23). The molecule has 8 nitrogen and oxygen atoms in total. The first-order valence-corrected chi connectivity index (χ1v) is 7.47. The van der Waals surface area contributed by atoms with Crippen molar-refractivity contribution in [2.24, 2.45) is 5.73 Å². The summed E-state index contributed by atoms with van der Waals surface area (Å²) in [5, 5.41) is 12.0. The fourth-order valence-corrected chi connectivity index (χ4v) is 2.75. The molecule has 1 aromatic carbocycles. The van der Waals surface area contributed by atoms with Gasteiger partial charge in [-0.1, -0.05) is 18.2 Å². The molecular weight excluding hydrogens is 308 g/mol. The monoisotopic (exact) mass is 326 g/mol. The first kappa shape index (κ1) is 15.7. The summed E-state index contributed by atoms with van der Waals surface area (Å²) >= 11 is 0. The van der Waals surface area contributed by atoms with Gasteiger partial charge >= 0.3 is 5.69 Å². The molecule has 3 atom stereocenters. The van der Waals surface area contributed by atoms with Gasteiger partial charge in [0.25, 0.3) is 0 Å². The smallest absolute Gasteiger partial charge is 0.332 e. The van der Waals surface area contributed by atoms with E-state index in [1.165, 1.54) is 4.57 Å². The van der Waals surface area contributed by atoms with Crippen LogP contribution in [0.3, 0.4) is 0 Å². The van der Waals surface area contributed by atoms with Crippen molar-refractivity contribution in [1.29, 1.82) is 5.26 Å². The van der Waals surface area contributed by atoms with Crippen LogP contribution in [-0.4, -0.2) is 21.8 Å². The molecule has 0 radical (unpaired) electrons. The fourth-order valence-electron chi connectivity index (χ4n) is 2.75. The Balaban J connectivity index is 2.16. The molecular formula is C16H18N6O2. The molecule has 0 spiro atoms. The lowest BCUT2D eigenvalue weighted by atomic mass is 10.0. The first-order chi connectivity index (χ1) is 11.5. The summed E-state index contributed by atoms with van der Waals surface area (Å²) in [4.78, 5) is 15.1. The van der Waals surface area contributed by atoms with Gasteiger partial charge in [-0.3, -0.25) is 9.55 Å². The number of nitrogens with one attached hydrogen (secondary N) is 2. The van der Waals surface area contributed by atoms with Crippen molar-refractivity contribution in [2.45, 2.75) is 25.1 Å². The molecule has 2 heterocycles. The number of anilines is 1. The highest BCUT2D eigenvalue weighted by molar-refractivity contribution is 5.53. The average Bonchev–Trinajstić information content (AvgIpc) is 3.10. The number of nitrogen functional groups attached to an aromatic ring is 1. The largest absolute Gasteiger partial charge is 0.474 e. The normalized spacial score (nSPS) is 20.4. The van der Waals surface area contributed by atoms with Crippen molar-refractivity contribution in [1.82, 2.24) is 14.9 Å². The second kappa shape index (κ2) is 6.14. The Morgan fingerprint density at radius 1 is 1.42 bits per heavy atom. The summed E-state index contributed by atoms with van der Waals surface area (Å²) in [7, 11) is 0. The van der Waals surface area contributed by atoms with Gasteiger partial charge in [-0.05, 0) is 25.3 Å². The molecule has 3 unspecified atom stereocenters. The summed E-state index contributed by atoms with van der Waals surface area (Å²) in [6.45, 7) is 1.63. The molecule has 1 aliphatic heterocycles. The van der Waals surface area contributed by atoms with E-state index in [2.05, 4.69) is 10.3 Å². The molecule has 0 saturated carbocycles.